The number of likely N-dealkylation sites (tertiary alicyclic amines) is 1. The van der Waals surface area contributed by atoms with E-state index in [4.69, 9.17) is 0 Å². The first-order chi connectivity index (χ1) is 15.7. The molecule has 8 heteroatoms. The normalized spacial score (nSPS) is 19.7. The monoisotopic (exact) mass is 477 g/mol. The summed E-state index contributed by atoms with van der Waals surface area (Å²) >= 11 is 1.29. The van der Waals surface area contributed by atoms with Crippen molar-refractivity contribution in [1.29, 1.82) is 0 Å². The third kappa shape index (κ3) is 6.48. The molecule has 1 aliphatic rings. The number of hydrogen-bond acceptors (Lipinski definition) is 5. The lowest BCUT2D eigenvalue weighted by Crippen LogP contribution is -2.37. The van der Waals surface area contributed by atoms with Crippen LogP contribution >= 0.6 is 11.3 Å². The van der Waals surface area contributed by atoms with Crippen LogP contribution in [-0.2, 0) is 22.4 Å². The van der Waals surface area contributed by atoms with Crippen LogP contribution in [0.1, 0.15) is 39.9 Å². The van der Waals surface area contributed by atoms with E-state index in [0.29, 0.717) is 24.1 Å². The van der Waals surface area contributed by atoms with Gasteiger partial charge < -0.3 is 14.7 Å². The van der Waals surface area contributed by atoms with Crippen LogP contribution in [0, 0.1) is 5.92 Å². The standard InChI is InChI=1S/C25H29F2NO4S/c1-17(15-18-7-4-3-5-8-18)21(29)12-10-19-16-25(26,27)24(31)28(19)14-6-9-20-11-13-22(33-20)23(30)32-2/h3-5,7-8,10-13,17,19,21,29H,6,9,14-16H2,1-2H3/b12-10+/t17-,19+,21-/m1/s1. The van der Waals surface area contributed by atoms with E-state index < -0.39 is 36.4 Å². The van der Waals surface area contributed by atoms with Gasteiger partial charge in [-0.3, -0.25) is 4.79 Å². The van der Waals surface area contributed by atoms with Gasteiger partial charge in [-0.25, -0.2) is 4.79 Å². The quantitative estimate of drug-likeness (QED) is 0.404. The number of thiophene rings is 1. The molecular weight excluding hydrogens is 448 g/mol. The van der Waals surface area contributed by atoms with Crippen LogP contribution in [0.4, 0.5) is 8.78 Å². The second-order valence-corrected chi connectivity index (χ2v) is 9.55. The summed E-state index contributed by atoms with van der Waals surface area (Å²) in [5.74, 6) is -5.09. The van der Waals surface area contributed by atoms with Gasteiger partial charge in [0.25, 0.3) is 5.91 Å². The fourth-order valence-corrected chi connectivity index (χ4v) is 4.91. The maximum absolute atomic E-state index is 14.2. The topological polar surface area (TPSA) is 66.8 Å². The predicted molar refractivity (Wildman–Crippen MR) is 124 cm³/mol. The molecule has 3 atom stereocenters. The molecular formula is C25H29F2NO4S. The number of rotatable bonds is 10. The van der Waals surface area contributed by atoms with E-state index in [9.17, 15) is 23.5 Å². The number of amides is 1. The van der Waals surface area contributed by atoms with Gasteiger partial charge in [-0.2, -0.15) is 8.78 Å². The molecule has 0 aliphatic carbocycles. The second kappa shape index (κ2) is 11.0. The number of halogens is 2. The maximum Gasteiger partial charge on any atom is 0.348 e. The molecule has 1 amide bonds. The Hall–Kier alpha value is -2.58. The van der Waals surface area contributed by atoms with Crippen LogP contribution in [0.25, 0.3) is 0 Å². The zero-order valence-corrected chi connectivity index (χ0v) is 19.6. The Balaban J connectivity index is 1.58. The van der Waals surface area contributed by atoms with Crippen molar-refractivity contribution >= 4 is 23.2 Å². The highest BCUT2D eigenvalue weighted by Gasteiger charge is 2.52. The van der Waals surface area contributed by atoms with Crippen LogP contribution in [0.5, 0.6) is 0 Å². The number of esters is 1. The molecule has 2 aromatic rings. The second-order valence-electron chi connectivity index (χ2n) is 8.38. The van der Waals surface area contributed by atoms with Crippen molar-refractivity contribution in [3.05, 3.63) is 69.9 Å². The molecule has 0 bridgehead atoms. The summed E-state index contributed by atoms with van der Waals surface area (Å²) in [7, 11) is 1.31. The maximum atomic E-state index is 14.2. The fourth-order valence-electron chi connectivity index (χ4n) is 3.94. The summed E-state index contributed by atoms with van der Waals surface area (Å²) in [6.07, 6.45) is 3.37. The van der Waals surface area contributed by atoms with Crippen molar-refractivity contribution < 1.29 is 28.2 Å². The molecule has 5 nitrogen and oxygen atoms in total. The Morgan fingerprint density at radius 1 is 1.30 bits per heavy atom. The smallest absolute Gasteiger partial charge is 0.348 e. The van der Waals surface area contributed by atoms with Gasteiger partial charge in [-0.05, 0) is 42.9 Å². The first-order valence-corrected chi connectivity index (χ1v) is 11.8. The molecule has 1 fully saturated rings. The van der Waals surface area contributed by atoms with Crippen molar-refractivity contribution in [3.63, 3.8) is 0 Å². The number of aliphatic hydroxyl groups is 1. The summed E-state index contributed by atoms with van der Waals surface area (Å²) in [6, 6.07) is 12.5. The van der Waals surface area contributed by atoms with Gasteiger partial charge in [0.2, 0.25) is 0 Å². The van der Waals surface area contributed by atoms with E-state index in [2.05, 4.69) is 4.74 Å². The summed E-state index contributed by atoms with van der Waals surface area (Å²) in [6.45, 7) is 2.07. The molecule has 1 saturated heterocycles. The first-order valence-electron chi connectivity index (χ1n) is 11.0. The van der Waals surface area contributed by atoms with Crippen molar-refractivity contribution in [2.24, 2.45) is 5.92 Å². The number of benzene rings is 1. The Morgan fingerprint density at radius 2 is 2.03 bits per heavy atom. The van der Waals surface area contributed by atoms with Gasteiger partial charge in [-0.15, -0.1) is 11.3 Å². The number of ether oxygens (including phenoxy) is 1. The van der Waals surface area contributed by atoms with Crippen LogP contribution in [0.3, 0.4) is 0 Å². The number of aryl methyl sites for hydroxylation is 1. The van der Waals surface area contributed by atoms with E-state index in [1.807, 2.05) is 37.3 Å². The van der Waals surface area contributed by atoms with Gasteiger partial charge >= 0.3 is 11.9 Å². The van der Waals surface area contributed by atoms with Crippen LogP contribution in [0.2, 0.25) is 0 Å². The molecule has 0 spiro atoms. The van der Waals surface area contributed by atoms with Crippen LogP contribution in [-0.4, -0.2) is 53.6 Å². The van der Waals surface area contributed by atoms with Gasteiger partial charge in [0.05, 0.1) is 19.3 Å². The van der Waals surface area contributed by atoms with E-state index in [0.717, 1.165) is 10.4 Å². The van der Waals surface area contributed by atoms with Crippen LogP contribution in [0.15, 0.2) is 54.6 Å². The highest BCUT2D eigenvalue weighted by molar-refractivity contribution is 7.13. The van der Waals surface area contributed by atoms with Crippen molar-refractivity contribution in [2.45, 2.75) is 50.7 Å². The van der Waals surface area contributed by atoms with E-state index >= 15 is 0 Å². The highest BCUT2D eigenvalue weighted by Crippen LogP contribution is 2.34. The number of hydrogen-bond donors (Lipinski definition) is 1. The lowest BCUT2D eigenvalue weighted by atomic mass is 9.95. The first kappa shape index (κ1) is 25.1. The Labute approximate surface area is 196 Å². The lowest BCUT2D eigenvalue weighted by Gasteiger charge is -2.22. The molecule has 0 unspecified atom stereocenters. The van der Waals surface area contributed by atoms with Crippen LogP contribution < -0.4 is 0 Å². The lowest BCUT2D eigenvalue weighted by molar-refractivity contribution is -0.148. The summed E-state index contributed by atoms with van der Waals surface area (Å²) in [4.78, 5) is 26.4. The summed E-state index contributed by atoms with van der Waals surface area (Å²) in [5, 5.41) is 10.5. The molecule has 0 saturated carbocycles. The highest BCUT2D eigenvalue weighted by atomic mass is 32.1. The number of aliphatic hydroxyl groups excluding tert-OH is 1. The van der Waals surface area contributed by atoms with E-state index in [-0.39, 0.29) is 12.5 Å². The molecule has 1 aromatic heterocycles. The molecule has 3 rings (SSSR count). The zero-order valence-electron chi connectivity index (χ0n) is 18.7. The SMILES string of the molecule is COC(=O)c1ccc(CCCN2C(=O)C(F)(F)C[C@@H]2/C=C/[C@@H](O)[C@H](C)Cc2ccccc2)s1. The van der Waals surface area contributed by atoms with Gasteiger partial charge in [0.1, 0.15) is 4.88 Å². The van der Waals surface area contributed by atoms with E-state index in [1.165, 1.54) is 35.5 Å². The van der Waals surface area contributed by atoms with Gasteiger partial charge in [0, 0.05) is 17.8 Å². The molecule has 33 heavy (non-hydrogen) atoms. The van der Waals surface area contributed by atoms with Crippen molar-refractivity contribution in [3.8, 4) is 0 Å². The van der Waals surface area contributed by atoms with Crippen molar-refractivity contribution in [2.75, 3.05) is 13.7 Å². The predicted octanol–water partition coefficient (Wildman–Crippen LogP) is 4.50. The molecule has 1 aromatic carbocycles. The number of nitrogens with zero attached hydrogens (tertiary/aromatic N) is 1. The minimum Gasteiger partial charge on any atom is -0.465 e. The van der Waals surface area contributed by atoms with Crippen molar-refractivity contribution in [1.82, 2.24) is 4.90 Å². The Bertz CT molecular complexity index is 976. The zero-order chi connectivity index (χ0) is 24.0. The Morgan fingerprint density at radius 3 is 2.73 bits per heavy atom. The molecule has 1 aliphatic heterocycles. The third-order valence-corrected chi connectivity index (χ3v) is 6.95. The third-order valence-electron chi connectivity index (χ3n) is 5.82. The molecule has 0 radical (unpaired) electrons. The molecule has 178 valence electrons. The number of carbonyl (C=O) groups is 2. The number of methoxy groups -OCH3 is 1. The number of carbonyl (C=O) groups excluding carboxylic acids is 2. The average Bonchev–Trinajstić information content (AvgIpc) is 3.35. The summed E-state index contributed by atoms with van der Waals surface area (Å²) < 4.78 is 33.0. The number of alkyl halides is 2. The fraction of sp³-hybridized carbons (Fsp3) is 0.440. The van der Waals surface area contributed by atoms with E-state index in [1.54, 1.807) is 12.1 Å². The van der Waals surface area contributed by atoms with Gasteiger partial charge in [-0.1, -0.05) is 49.4 Å². The molecule has 1 N–H and O–H groups in total. The minimum atomic E-state index is -3.41. The minimum absolute atomic E-state index is 0.0995. The summed E-state index contributed by atoms with van der Waals surface area (Å²) in [5.41, 5.74) is 1.09. The average molecular weight is 478 g/mol. The van der Waals surface area contributed by atoms with Gasteiger partial charge in [0.15, 0.2) is 0 Å². The largest absolute Gasteiger partial charge is 0.465 e. The molecule has 2 heterocycles. The Kier molecular flexibility index (Phi) is 8.37.